The van der Waals surface area contributed by atoms with Crippen LogP contribution in [0.3, 0.4) is 0 Å². The van der Waals surface area contributed by atoms with Crippen molar-refractivity contribution in [3.63, 3.8) is 0 Å². The molecule has 96 valence electrons. The van der Waals surface area contributed by atoms with Crippen molar-refractivity contribution in [3.05, 3.63) is 11.1 Å². The number of ether oxygens (including phenoxy) is 1. The molecule has 0 saturated carbocycles. The molecule has 1 heterocycles. The fourth-order valence-corrected chi connectivity index (χ4v) is 2.14. The van der Waals surface area contributed by atoms with Gasteiger partial charge in [0.15, 0.2) is 0 Å². The van der Waals surface area contributed by atoms with E-state index >= 15 is 0 Å². The summed E-state index contributed by atoms with van der Waals surface area (Å²) in [6.45, 7) is 4.15. The van der Waals surface area contributed by atoms with Crippen LogP contribution in [0.5, 0.6) is 0 Å². The molecule has 0 spiro atoms. The fraction of sp³-hybridized carbons (Fsp3) is 0.667. The molecule has 0 aromatic rings. The van der Waals surface area contributed by atoms with E-state index in [0.29, 0.717) is 26.1 Å². The van der Waals surface area contributed by atoms with Gasteiger partial charge in [-0.05, 0) is 35.8 Å². The van der Waals surface area contributed by atoms with Crippen molar-refractivity contribution in [2.24, 2.45) is 11.8 Å². The predicted molar refractivity (Wildman–Crippen MR) is 55.4 cm³/mol. The zero-order valence-electron chi connectivity index (χ0n) is 12.0. The molecule has 19 heavy (non-hydrogen) atoms. The van der Waals surface area contributed by atoms with Crippen molar-refractivity contribution in [3.8, 4) is 0 Å². The molecule has 0 aromatic carbocycles. The minimum atomic E-state index is -1.43. The number of carboxylic acids is 2. The van der Waals surface area contributed by atoms with Gasteiger partial charge in [-0.3, -0.25) is 0 Å². The van der Waals surface area contributed by atoms with Crippen molar-refractivity contribution in [1.82, 2.24) is 0 Å². The third kappa shape index (κ3) is 6.29. The van der Waals surface area contributed by atoms with Gasteiger partial charge in [0.2, 0.25) is 0 Å². The largest absolute Gasteiger partial charge is 1.00 e. The van der Waals surface area contributed by atoms with Gasteiger partial charge in [0.05, 0.1) is 11.9 Å². The topological polar surface area (TPSA) is 89.5 Å². The van der Waals surface area contributed by atoms with Crippen molar-refractivity contribution in [2.45, 2.75) is 26.7 Å². The Morgan fingerprint density at radius 1 is 1.05 bits per heavy atom. The summed E-state index contributed by atoms with van der Waals surface area (Å²) in [5.41, 5.74) is -0.278. The standard InChI is InChI=1S/C12H18O5.2Na/c1-7(2)9(11(13)14)10(12(15)16)8-3-5-17-6-4-8;;/h7-8H,3-6H2,1-2H3,(H,13,14)(H,15,16);;/q;2*+1/p-2/b10-9-;;. The van der Waals surface area contributed by atoms with Crippen LogP contribution in [0.4, 0.5) is 0 Å². The van der Waals surface area contributed by atoms with E-state index in [-0.39, 0.29) is 76.2 Å². The second kappa shape index (κ2) is 10.4. The molecule has 0 amide bonds. The average molecular weight is 286 g/mol. The van der Waals surface area contributed by atoms with E-state index in [0.717, 1.165) is 0 Å². The number of carbonyl (C=O) groups excluding carboxylic acids is 2. The second-order valence-electron chi connectivity index (χ2n) is 4.44. The summed E-state index contributed by atoms with van der Waals surface area (Å²) in [6, 6.07) is 0. The molecule has 0 N–H and O–H groups in total. The molecule has 0 atom stereocenters. The van der Waals surface area contributed by atoms with Crippen LogP contribution >= 0.6 is 0 Å². The molecule has 5 nitrogen and oxygen atoms in total. The first-order valence-corrected chi connectivity index (χ1v) is 5.69. The first kappa shape index (κ1) is 21.9. The maximum atomic E-state index is 11.1. The van der Waals surface area contributed by atoms with E-state index in [9.17, 15) is 19.8 Å². The summed E-state index contributed by atoms with van der Waals surface area (Å²) in [4.78, 5) is 22.2. The summed E-state index contributed by atoms with van der Waals surface area (Å²) in [5, 5.41) is 22.2. The molecule has 1 aliphatic rings. The molecule has 7 heteroatoms. The van der Waals surface area contributed by atoms with Crippen LogP contribution in [0.2, 0.25) is 0 Å². The summed E-state index contributed by atoms with van der Waals surface area (Å²) in [5.74, 6) is -3.56. The maximum absolute atomic E-state index is 11.1. The fourth-order valence-electron chi connectivity index (χ4n) is 2.14. The zero-order valence-corrected chi connectivity index (χ0v) is 16.0. The van der Waals surface area contributed by atoms with Crippen molar-refractivity contribution in [2.75, 3.05) is 13.2 Å². The van der Waals surface area contributed by atoms with E-state index in [2.05, 4.69) is 0 Å². The predicted octanol–water partition coefficient (Wildman–Crippen LogP) is -7.13. The van der Waals surface area contributed by atoms with Gasteiger partial charge < -0.3 is 24.5 Å². The molecule has 0 aromatic heterocycles. The summed E-state index contributed by atoms with van der Waals surface area (Å²) >= 11 is 0. The Balaban J connectivity index is 0. The Morgan fingerprint density at radius 3 is 1.84 bits per heavy atom. The van der Waals surface area contributed by atoms with Crippen LogP contribution in [0.15, 0.2) is 11.1 Å². The Kier molecular flexibility index (Phi) is 12.0. The SMILES string of the molecule is CC(C)/C(C(=O)[O-])=C(/C(=O)[O-])C1CCOCC1.[Na+].[Na+]. The van der Waals surface area contributed by atoms with Crippen LogP contribution in [0.25, 0.3) is 0 Å². The van der Waals surface area contributed by atoms with Gasteiger partial charge in [0.1, 0.15) is 0 Å². The molecule has 1 fully saturated rings. The van der Waals surface area contributed by atoms with Crippen LogP contribution in [0.1, 0.15) is 26.7 Å². The molecule has 0 radical (unpaired) electrons. The molecule has 0 unspecified atom stereocenters. The monoisotopic (exact) mass is 286 g/mol. The van der Waals surface area contributed by atoms with Gasteiger partial charge in [0.25, 0.3) is 0 Å². The van der Waals surface area contributed by atoms with Crippen LogP contribution in [0, 0.1) is 11.8 Å². The third-order valence-corrected chi connectivity index (χ3v) is 2.94. The molecule has 1 saturated heterocycles. The van der Waals surface area contributed by atoms with Crippen molar-refractivity contribution >= 4 is 11.9 Å². The van der Waals surface area contributed by atoms with Gasteiger partial charge >= 0.3 is 59.1 Å². The van der Waals surface area contributed by atoms with E-state index in [1.165, 1.54) is 0 Å². The molecular weight excluding hydrogens is 270 g/mol. The summed E-state index contributed by atoms with van der Waals surface area (Å²) in [6.07, 6.45) is 1.01. The quantitative estimate of drug-likeness (QED) is 0.378. The normalized spacial score (nSPS) is 17.0. The number of carbonyl (C=O) groups is 2. The first-order valence-electron chi connectivity index (χ1n) is 5.69. The third-order valence-electron chi connectivity index (χ3n) is 2.94. The Labute approximate surface area is 157 Å². The average Bonchev–Trinajstić information content (AvgIpc) is 2.25. The maximum Gasteiger partial charge on any atom is 1.00 e. The van der Waals surface area contributed by atoms with Crippen molar-refractivity contribution in [1.29, 1.82) is 0 Å². The Morgan fingerprint density at radius 2 is 1.53 bits per heavy atom. The number of rotatable bonds is 4. The number of hydrogen-bond donors (Lipinski definition) is 0. The second-order valence-corrected chi connectivity index (χ2v) is 4.44. The Bertz CT molecular complexity index is 346. The van der Waals surface area contributed by atoms with Crippen molar-refractivity contribution < 1.29 is 83.7 Å². The molecule has 0 aliphatic carbocycles. The van der Waals surface area contributed by atoms with Crippen LogP contribution < -0.4 is 69.3 Å². The summed E-state index contributed by atoms with van der Waals surface area (Å²) in [7, 11) is 0. The van der Waals surface area contributed by atoms with Gasteiger partial charge in [-0.25, -0.2) is 0 Å². The number of carboxylic acid groups (broad SMARTS) is 2. The van der Waals surface area contributed by atoms with E-state index in [1.807, 2.05) is 0 Å². The molecular formula is C12H16Na2O5. The molecule has 1 aliphatic heterocycles. The van der Waals surface area contributed by atoms with Gasteiger partial charge in [-0.1, -0.05) is 13.8 Å². The summed E-state index contributed by atoms with van der Waals surface area (Å²) < 4.78 is 5.13. The van der Waals surface area contributed by atoms with E-state index in [1.54, 1.807) is 13.8 Å². The van der Waals surface area contributed by atoms with Gasteiger partial charge in [0, 0.05) is 13.2 Å². The van der Waals surface area contributed by atoms with E-state index in [4.69, 9.17) is 4.74 Å². The minimum Gasteiger partial charge on any atom is -0.545 e. The van der Waals surface area contributed by atoms with E-state index < -0.39 is 17.9 Å². The number of hydrogen-bond acceptors (Lipinski definition) is 5. The molecule has 0 bridgehead atoms. The molecule has 1 rings (SSSR count). The van der Waals surface area contributed by atoms with Gasteiger partial charge in [-0.15, -0.1) is 0 Å². The van der Waals surface area contributed by atoms with Crippen LogP contribution in [-0.2, 0) is 14.3 Å². The van der Waals surface area contributed by atoms with Crippen LogP contribution in [-0.4, -0.2) is 25.2 Å². The smallest absolute Gasteiger partial charge is 0.545 e. The van der Waals surface area contributed by atoms with Gasteiger partial charge in [-0.2, -0.15) is 0 Å². The Hall–Kier alpha value is 0.640. The first-order chi connectivity index (χ1) is 7.95. The number of aliphatic carboxylic acids is 2. The zero-order chi connectivity index (χ0) is 13.0. The minimum absolute atomic E-state index is 0.